The van der Waals surface area contributed by atoms with Crippen LogP contribution >= 0.6 is 0 Å². The van der Waals surface area contributed by atoms with Gasteiger partial charge < -0.3 is 14.4 Å². The highest BCUT2D eigenvalue weighted by molar-refractivity contribution is 4.97. The van der Waals surface area contributed by atoms with E-state index in [1.165, 1.54) is 6.42 Å². The first-order valence-electron chi connectivity index (χ1n) is 5.80. The minimum atomic E-state index is -0.349. The first kappa shape index (κ1) is 11.5. The molecule has 1 saturated carbocycles. The third kappa shape index (κ3) is 2.59. The number of rotatable bonds is 3. The molecule has 1 aromatic rings. The van der Waals surface area contributed by atoms with Gasteiger partial charge in [-0.1, -0.05) is 24.4 Å². The van der Waals surface area contributed by atoms with E-state index in [-0.39, 0.29) is 12.0 Å². The van der Waals surface area contributed by atoms with Gasteiger partial charge >= 0.3 is 0 Å². The van der Waals surface area contributed by atoms with Crippen molar-refractivity contribution in [2.24, 2.45) is 0 Å². The van der Waals surface area contributed by atoms with Gasteiger partial charge in [0, 0.05) is 7.11 Å². The highest BCUT2D eigenvalue weighted by atomic mass is 16.5. The number of aliphatic hydroxyl groups is 1. The quantitative estimate of drug-likeness (QED) is 0.793. The minimum absolute atomic E-state index is 0.000561. The third-order valence-corrected chi connectivity index (χ3v) is 3.05. The SMILES string of the molecule is COCc1noc(C2CCCCCC2O)n1. The van der Waals surface area contributed by atoms with Gasteiger partial charge in [-0.15, -0.1) is 0 Å². The number of nitrogens with zero attached hydrogens (tertiary/aromatic N) is 2. The van der Waals surface area contributed by atoms with Crippen LogP contribution in [-0.2, 0) is 11.3 Å². The second-order valence-corrected chi connectivity index (χ2v) is 4.29. The number of aromatic nitrogens is 2. The predicted octanol–water partition coefficient (Wildman–Crippen LogP) is 1.62. The number of aliphatic hydroxyl groups excluding tert-OH is 1. The lowest BCUT2D eigenvalue weighted by Gasteiger charge is -2.15. The summed E-state index contributed by atoms with van der Waals surface area (Å²) in [7, 11) is 1.59. The van der Waals surface area contributed by atoms with Gasteiger partial charge in [0.05, 0.1) is 12.0 Å². The Labute approximate surface area is 94.8 Å². The van der Waals surface area contributed by atoms with Crippen LogP contribution in [0, 0.1) is 0 Å². The van der Waals surface area contributed by atoms with E-state index in [2.05, 4.69) is 10.1 Å². The topological polar surface area (TPSA) is 68.4 Å². The molecule has 1 N–H and O–H groups in total. The molecular weight excluding hydrogens is 208 g/mol. The predicted molar refractivity (Wildman–Crippen MR) is 56.8 cm³/mol. The summed E-state index contributed by atoms with van der Waals surface area (Å²) in [5.74, 6) is 1.11. The van der Waals surface area contributed by atoms with Crippen LogP contribution < -0.4 is 0 Å². The summed E-state index contributed by atoms with van der Waals surface area (Å²) in [5, 5.41) is 13.8. The smallest absolute Gasteiger partial charge is 0.232 e. The summed E-state index contributed by atoms with van der Waals surface area (Å²) in [6.07, 6.45) is 4.77. The Bertz CT molecular complexity index is 327. The minimum Gasteiger partial charge on any atom is -0.392 e. The second-order valence-electron chi connectivity index (χ2n) is 4.29. The van der Waals surface area contributed by atoms with Gasteiger partial charge in [-0.2, -0.15) is 4.98 Å². The lowest BCUT2D eigenvalue weighted by molar-refractivity contribution is 0.119. The van der Waals surface area contributed by atoms with E-state index >= 15 is 0 Å². The normalized spacial score (nSPS) is 26.6. The summed E-state index contributed by atoms with van der Waals surface area (Å²) in [6, 6.07) is 0. The molecule has 1 aromatic heterocycles. The summed E-state index contributed by atoms with van der Waals surface area (Å²) in [6.45, 7) is 0.353. The van der Waals surface area contributed by atoms with Gasteiger partial charge in [0.1, 0.15) is 6.61 Å². The van der Waals surface area contributed by atoms with Crippen LogP contribution in [0.2, 0.25) is 0 Å². The van der Waals surface area contributed by atoms with Gasteiger partial charge in [-0.05, 0) is 12.8 Å². The fourth-order valence-electron chi connectivity index (χ4n) is 2.18. The standard InChI is InChI=1S/C11H18N2O3/c1-15-7-10-12-11(16-13-10)8-5-3-2-4-6-9(8)14/h8-9,14H,2-7H2,1H3. The maximum absolute atomic E-state index is 9.98. The zero-order chi connectivity index (χ0) is 11.4. The fraction of sp³-hybridized carbons (Fsp3) is 0.818. The molecule has 1 aliphatic carbocycles. The average molecular weight is 226 g/mol. The van der Waals surface area contributed by atoms with Gasteiger partial charge in [-0.25, -0.2) is 0 Å². The number of hydrogen-bond acceptors (Lipinski definition) is 5. The molecule has 2 unspecified atom stereocenters. The van der Waals surface area contributed by atoms with E-state index in [0.717, 1.165) is 25.7 Å². The van der Waals surface area contributed by atoms with Gasteiger partial charge in [0.2, 0.25) is 5.89 Å². The van der Waals surface area contributed by atoms with Crippen LogP contribution in [0.5, 0.6) is 0 Å². The molecule has 5 nitrogen and oxygen atoms in total. The Morgan fingerprint density at radius 1 is 1.38 bits per heavy atom. The Morgan fingerprint density at radius 3 is 3.00 bits per heavy atom. The number of hydrogen-bond donors (Lipinski definition) is 1. The van der Waals surface area contributed by atoms with Crippen LogP contribution in [0.15, 0.2) is 4.52 Å². The maximum atomic E-state index is 9.98. The van der Waals surface area contributed by atoms with E-state index in [1.54, 1.807) is 7.11 Å². The Hall–Kier alpha value is -0.940. The molecular formula is C11H18N2O3. The molecule has 1 fully saturated rings. The van der Waals surface area contributed by atoms with E-state index in [0.29, 0.717) is 18.3 Å². The van der Waals surface area contributed by atoms with Crippen LogP contribution in [0.4, 0.5) is 0 Å². The molecule has 16 heavy (non-hydrogen) atoms. The molecule has 0 saturated heterocycles. The largest absolute Gasteiger partial charge is 0.392 e. The first-order valence-corrected chi connectivity index (χ1v) is 5.80. The zero-order valence-corrected chi connectivity index (χ0v) is 9.56. The van der Waals surface area contributed by atoms with Crippen molar-refractivity contribution in [1.82, 2.24) is 10.1 Å². The van der Waals surface area contributed by atoms with Gasteiger partial charge in [-0.3, -0.25) is 0 Å². The van der Waals surface area contributed by atoms with Crippen molar-refractivity contribution in [3.05, 3.63) is 11.7 Å². The van der Waals surface area contributed by atoms with Crippen LogP contribution in [-0.4, -0.2) is 28.5 Å². The molecule has 0 amide bonds. The lowest BCUT2D eigenvalue weighted by Crippen LogP contribution is -2.17. The third-order valence-electron chi connectivity index (χ3n) is 3.05. The molecule has 5 heteroatoms. The zero-order valence-electron chi connectivity index (χ0n) is 9.56. The molecule has 1 aliphatic rings. The summed E-state index contributed by atoms with van der Waals surface area (Å²) in [5.41, 5.74) is 0. The van der Waals surface area contributed by atoms with Crippen molar-refractivity contribution in [3.63, 3.8) is 0 Å². The molecule has 0 radical (unpaired) electrons. The highest BCUT2D eigenvalue weighted by Crippen LogP contribution is 2.30. The summed E-state index contributed by atoms with van der Waals surface area (Å²) >= 11 is 0. The molecule has 0 aliphatic heterocycles. The van der Waals surface area contributed by atoms with E-state index in [9.17, 15) is 5.11 Å². The van der Waals surface area contributed by atoms with E-state index in [4.69, 9.17) is 9.26 Å². The molecule has 1 heterocycles. The van der Waals surface area contributed by atoms with Gasteiger partial charge in [0.25, 0.3) is 0 Å². The van der Waals surface area contributed by atoms with Crippen molar-refractivity contribution in [3.8, 4) is 0 Å². The monoisotopic (exact) mass is 226 g/mol. The van der Waals surface area contributed by atoms with Crippen molar-refractivity contribution >= 4 is 0 Å². The average Bonchev–Trinajstić information content (AvgIpc) is 2.61. The first-order chi connectivity index (χ1) is 7.81. The van der Waals surface area contributed by atoms with E-state index < -0.39 is 0 Å². The van der Waals surface area contributed by atoms with Crippen molar-refractivity contribution in [2.45, 2.75) is 50.7 Å². The number of methoxy groups -OCH3 is 1. The number of ether oxygens (including phenoxy) is 1. The van der Waals surface area contributed by atoms with Crippen molar-refractivity contribution in [2.75, 3.05) is 7.11 Å². The molecule has 2 rings (SSSR count). The van der Waals surface area contributed by atoms with Crippen LogP contribution in [0.1, 0.15) is 49.7 Å². The second kappa shape index (κ2) is 5.41. The molecule has 90 valence electrons. The van der Waals surface area contributed by atoms with E-state index in [1.807, 2.05) is 0 Å². The van der Waals surface area contributed by atoms with Crippen molar-refractivity contribution in [1.29, 1.82) is 0 Å². The van der Waals surface area contributed by atoms with Crippen molar-refractivity contribution < 1.29 is 14.4 Å². The Kier molecular flexibility index (Phi) is 3.90. The summed E-state index contributed by atoms with van der Waals surface area (Å²) in [4.78, 5) is 4.25. The van der Waals surface area contributed by atoms with Gasteiger partial charge in [0.15, 0.2) is 5.82 Å². The maximum Gasteiger partial charge on any atom is 0.232 e. The molecule has 0 bridgehead atoms. The fourth-order valence-corrected chi connectivity index (χ4v) is 2.18. The highest BCUT2D eigenvalue weighted by Gasteiger charge is 2.28. The molecule has 0 spiro atoms. The molecule has 0 aromatic carbocycles. The lowest BCUT2D eigenvalue weighted by atomic mass is 9.97. The summed E-state index contributed by atoms with van der Waals surface area (Å²) < 4.78 is 10.1. The molecule has 2 atom stereocenters. The Morgan fingerprint density at radius 2 is 2.19 bits per heavy atom. The Balaban J connectivity index is 2.08. The van der Waals surface area contributed by atoms with Crippen LogP contribution in [0.25, 0.3) is 0 Å². The van der Waals surface area contributed by atoms with Crippen LogP contribution in [0.3, 0.4) is 0 Å².